The van der Waals surface area contributed by atoms with Gasteiger partial charge in [-0.2, -0.15) is 5.26 Å². The molecule has 2 N–H and O–H groups in total. The fraction of sp³-hybridized carbons (Fsp3) is 0.231. The highest BCUT2D eigenvalue weighted by atomic mass is 35.5. The van der Waals surface area contributed by atoms with Crippen LogP contribution in [0.25, 0.3) is 0 Å². The summed E-state index contributed by atoms with van der Waals surface area (Å²) in [4.78, 5) is 17.6. The van der Waals surface area contributed by atoms with Gasteiger partial charge >= 0.3 is 0 Å². The van der Waals surface area contributed by atoms with Crippen molar-refractivity contribution in [3.05, 3.63) is 100.0 Å². The first kappa shape index (κ1) is 25.1. The summed E-state index contributed by atoms with van der Waals surface area (Å²) in [6.45, 7) is 2.57. The molecule has 1 atom stereocenters. The fourth-order valence-electron chi connectivity index (χ4n) is 3.37. The van der Waals surface area contributed by atoms with Gasteiger partial charge in [-0.25, -0.2) is 5.48 Å². The van der Waals surface area contributed by atoms with Crippen molar-refractivity contribution >= 4 is 17.5 Å². The zero-order valence-electron chi connectivity index (χ0n) is 18.7. The number of hydrogen-bond donors (Lipinski definition) is 2. The Morgan fingerprint density at radius 2 is 2.00 bits per heavy atom. The molecule has 0 aliphatic carbocycles. The second-order valence-corrected chi connectivity index (χ2v) is 7.85. The van der Waals surface area contributed by atoms with E-state index in [-0.39, 0.29) is 24.9 Å². The molecule has 0 bridgehead atoms. The Labute approximate surface area is 203 Å². The molecule has 176 valence electrons. The quantitative estimate of drug-likeness (QED) is 0.318. The lowest BCUT2D eigenvalue weighted by Crippen LogP contribution is -2.23. The average Bonchev–Trinajstić information content (AvgIpc) is 2.85. The molecule has 2 aromatic rings. The van der Waals surface area contributed by atoms with Crippen molar-refractivity contribution in [3.8, 4) is 11.8 Å². The smallest absolute Gasteiger partial charge is 0.274 e. The second-order valence-electron chi connectivity index (χ2n) is 7.42. The molecular weight excluding hydrogens is 456 g/mol. The first-order chi connectivity index (χ1) is 16.5. The molecule has 1 unspecified atom stereocenters. The highest BCUT2D eigenvalue weighted by Gasteiger charge is 2.23. The molecule has 1 fully saturated rings. The maximum absolute atomic E-state index is 12.3. The van der Waals surface area contributed by atoms with Gasteiger partial charge in [-0.15, -0.1) is 0 Å². The molecule has 1 saturated heterocycles. The van der Waals surface area contributed by atoms with Crippen LogP contribution in [0.2, 0.25) is 5.02 Å². The van der Waals surface area contributed by atoms with Gasteiger partial charge in [0.1, 0.15) is 17.3 Å². The van der Waals surface area contributed by atoms with Crippen LogP contribution in [0.1, 0.15) is 29.3 Å². The highest BCUT2D eigenvalue weighted by molar-refractivity contribution is 6.30. The molecule has 3 rings (SSSR count). The normalized spacial score (nSPS) is 18.3. The first-order valence-electron chi connectivity index (χ1n) is 10.7. The summed E-state index contributed by atoms with van der Waals surface area (Å²) >= 11 is 5.85. The molecule has 34 heavy (non-hydrogen) atoms. The number of carbonyl (C=O) groups is 1. The number of aliphatic hydroxyl groups is 1. The summed E-state index contributed by atoms with van der Waals surface area (Å²) in [5.74, 6) is 0.849. The van der Waals surface area contributed by atoms with Gasteiger partial charge in [0.25, 0.3) is 5.91 Å². The van der Waals surface area contributed by atoms with Gasteiger partial charge in [-0.1, -0.05) is 29.8 Å². The van der Waals surface area contributed by atoms with E-state index in [1.54, 1.807) is 42.5 Å². The third-order valence-electron chi connectivity index (χ3n) is 5.13. The molecule has 1 aliphatic rings. The Bertz CT molecular complexity index is 1120. The largest absolute Gasteiger partial charge is 0.493 e. The van der Waals surface area contributed by atoms with Crippen molar-refractivity contribution in [2.75, 3.05) is 13.2 Å². The van der Waals surface area contributed by atoms with E-state index >= 15 is 0 Å². The van der Waals surface area contributed by atoms with Crippen LogP contribution in [0, 0.1) is 17.2 Å². The minimum absolute atomic E-state index is 0.0193. The molecular formula is C26H25ClN2O5. The van der Waals surface area contributed by atoms with Crippen molar-refractivity contribution in [3.63, 3.8) is 0 Å². The number of nitrogens with zero attached hydrogens (tertiary/aromatic N) is 1. The summed E-state index contributed by atoms with van der Waals surface area (Å²) in [6, 6.07) is 15.5. The van der Waals surface area contributed by atoms with Crippen LogP contribution in [0.4, 0.5) is 0 Å². The minimum atomic E-state index is -0.404. The summed E-state index contributed by atoms with van der Waals surface area (Å²) in [5.41, 5.74) is 4.51. The number of nitriles is 1. The molecule has 1 aliphatic heterocycles. The topological polar surface area (TPSA) is 101 Å². The lowest BCUT2D eigenvalue weighted by atomic mass is 9.92. The van der Waals surface area contributed by atoms with Crippen LogP contribution in [0.15, 0.2) is 83.9 Å². The van der Waals surface area contributed by atoms with E-state index in [1.807, 2.05) is 31.2 Å². The van der Waals surface area contributed by atoms with Gasteiger partial charge in [0.15, 0.2) is 0 Å². The van der Waals surface area contributed by atoms with Crippen LogP contribution in [-0.4, -0.2) is 24.2 Å². The average molecular weight is 481 g/mol. The Kier molecular flexibility index (Phi) is 9.30. The number of aliphatic hydroxyl groups excluding tert-OH is 1. The Morgan fingerprint density at radius 3 is 2.65 bits per heavy atom. The van der Waals surface area contributed by atoms with E-state index in [0.29, 0.717) is 28.7 Å². The predicted octanol–water partition coefficient (Wildman–Crippen LogP) is 4.85. The number of carbonyl (C=O) groups excluding carboxylic acids is 1. The molecule has 0 saturated carbocycles. The van der Waals surface area contributed by atoms with Gasteiger partial charge in [-0.3, -0.25) is 9.63 Å². The van der Waals surface area contributed by atoms with Crippen LogP contribution < -0.4 is 10.2 Å². The number of benzene rings is 2. The van der Waals surface area contributed by atoms with Gasteiger partial charge in [-0.05, 0) is 60.9 Å². The van der Waals surface area contributed by atoms with Crippen molar-refractivity contribution in [1.29, 1.82) is 5.26 Å². The number of halogens is 1. The first-order valence-corrected chi connectivity index (χ1v) is 11.1. The minimum Gasteiger partial charge on any atom is -0.493 e. The molecule has 0 spiro atoms. The van der Waals surface area contributed by atoms with E-state index in [0.717, 1.165) is 17.6 Å². The third-order valence-corrected chi connectivity index (χ3v) is 5.38. The van der Waals surface area contributed by atoms with Gasteiger partial charge in [0.05, 0.1) is 32.0 Å². The summed E-state index contributed by atoms with van der Waals surface area (Å²) in [7, 11) is 0. The Morgan fingerprint density at radius 1 is 1.26 bits per heavy atom. The lowest BCUT2D eigenvalue weighted by Gasteiger charge is -2.27. The number of allylic oxidation sites excluding steroid dienone is 4. The number of rotatable bonds is 8. The maximum Gasteiger partial charge on any atom is 0.274 e. The van der Waals surface area contributed by atoms with Crippen LogP contribution >= 0.6 is 11.6 Å². The second kappa shape index (κ2) is 12.6. The molecule has 1 amide bonds. The number of ether oxygens (including phenoxy) is 2. The van der Waals surface area contributed by atoms with Crippen molar-refractivity contribution in [1.82, 2.24) is 5.48 Å². The van der Waals surface area contributed by atoms with Crippen LogP contribution in [0.5, 0.6) is 5.75 Å². The van der Waals surface area contributed by atoms with Crippen LogP contribution in [0.3, 0.4) is 0 Å². The van der Waals surface area contributed by atoms with Gasteiger partial charge in [0.2, 0.25) is 0 Å². The van der Waals surface area contributed by atoms with Crippen molar-refractivity contribution < 1.29 is 24.2 Å². The van der Waals surface area contributed by atoms with Crippen molar-refractivity contribution in [2.24, 2.45) is 5.92 Å². The molecule has 0 radical (unpaired) electrons. The summed E-state index contributed by atoms with van der Waals surface area (Å²) < 4.78 is 11.6. The monoisotopic (exact) mass is 480 g/mol. The Balaban J connectivity index is 1.61. The summed E-state index contributed by atoms with van der Waals surface area (Å²) in [5, 5.41) is 19.4. The predicted molar refractivity (Wildman–Crippen MR) is 127 cm³/mol. The van der Waals surface area contributed by atoms with E-state index in [4.69, 9.17) is 31.2 Å². The third kappa shape index (κ3) is 6.96. The lowest BCUT2D eigenvalue weighted by molar-refractivity contribution is 0.0233. The van der Waals surface area contributed by atoms with E-state index < -0.39 is 5.91 Å². The molecule has 0 aromatic heterocycles. The molecule has 1 heterocycles. The van der Waals surface area contributed by atoms with E-state index in [1.165, 1.54) is 6.08 Å². The number of amides is 1. The summed E-state index contributed by atoms with van der Waals surface area (Å²) in [6.07, 6.45) is 5.50. The van der Waals surface area contributed by atoms with E-state index in [9.17, 15) is 9.90 Å². The zero-order valence-corrected chi connectivity index (χ0v) is 19.4. The SMILES string of the molecule is C\C=C1/C(=C\C(=C\C#N)Oc2ccc(C(=O)NOCc3ccc(Cl)cc3)cc2)OCCC1CO. The molecule has 8 heteroatoms. The van der Waals surface area contributed by atoms with Crippen molar-refractivity contribution in [2.45, 2.75) is 20.0 Å². The van der Waals surface area contributed by atoms with Gasteiger partial charge < -0.3 is 14.6 Å². The van der Waals surface area contributed by atoms with Gasteiger partial charge in [0, 0.05) is 22.6 Å². The van der Waals surface area contributed by atoms with Crippen LogP contribution in [-0.2, 0) is 16.2 Å². The number of hydroxylamine groups is 1. The van der Waals surface area contributed by atoms with E-state index in [2.05, 4.69) is 5.48 Å². The number of hydrogen-bond acceptors (Lipinski definition) is 6. The number of nitrogens with one attached hydrogen (secondary N) is 1. The highest BCUT2D eigenvalue weighted by Crippen LogP contribution is 2.30. The zero-order chi connectivity index (χ0) is 24.3. The molecule has 2 aromatic carbocycles. The Hall–Kier alpha value is -3.57. The fourth-order valence-corrected chi connectivity index (χ4v) is 3.50. The molecule has 7 nitrogen and oxygen atoms in total. The maximum atomic E-state index is 12.3. The standard InChI is InChI=1S/C26H25ClN2O5/c1-2-24-20(16-30)12-14-32-25(24)15-23(11-13-28)34-22-9-5-19(6-10-22)26(31)29-33-17-18-3-7-21(27)8-4-18/h2-11,15,20,30H,12,14,16-17H2,1H3,(H,29,31)/b23-11-,24-2-,25-15+.